The third-order valence-electron chi connectivity index (χ3n) is 3.07. The number of ether oxygens (including phenoxy) is 1. The van der Waals surface area contributed by atoms with Crippen LogP contribution in [0, 0.1) is 0 Å². The van der Waals surface area contributed by atoms with E-state index >= 15 is 0 Å². The van der Waals surface area contributed by atoms with E-state index in [1.807, 2.05) is 0 Å². The van der Waals surface area contributed by atoms with Crippen LogP contribution in [-0.2, 0) is 17.5 Å². The number of nitrogens with one attached hydrogen (secondary N) is 1. The SMILES string of the molecule is CC(C)(C)OC(=O)Nc1c(CO)sc(C(F)(F)F)c1-c1ccccc1.CCC. The van der Waals surface area contributed by atoms with E-state index in [2.05, 4.69) is 19.2 Å². The number of carbonyl (C=O) groups excluding carboxylic acids is 1. The number of anilines is 1. The highest BCUT2D eigenvalue weighted by Gasteiger charge is 2.39. The van der Waals surface area contributed by atoms with E-state index in [1.54, 1.807) is 39.0 Å². The molecule has 4 nitrogen and oxygen atoms in total. The maximum Gasteiger partial charge on any atom is 0.426 e. The molecule has 2 N–H and O–H groups in total. The number of carbonyl (C=O) groups is 1. The van der Waals surface area contributed by atoms with Gasteiger partial charge in [0.05, 0.1) is 17.2 Å². The lowest BCUT2D eigenvalue weighted by Crippen LogP contribution is -2.27. The Labute approximate surface area is 167 Å². The molecule has 1 amide bonds. The maximum absolute atomic E-state index is 13.5. The Balaban J connectivity index is 0.00000122. The standard InChI is InChI=1S/C17H18F3NO3S.C3H8/c1-16(2,3)24-15(23)21-13-11(9-22)25-14(17(18,19)20)12(13)10-7-5-4-6-8-10;1-3-2/h4-8,22H,9H2,1-3H3,(H,21,23);3H2,1-2H3. The van der Waals surface area contributed by atoms with Crippen molar-refractivity contribution in [1.82, 2.24) is 0 Å². The van der Waals surface area contributed by atoms with Crippen LogP contribution in [-0.4, -0.2) is 16.8 Å². The number of thiophene rings is 1. The summed E-state index contributed by atoms with van der Waals surface area (Å²) in [5.74, 6) is 0. The van der Waals surface area contributed by atoms with Crippen molar-refractivity contribution in [3.63, 3.8) is 0 Å². The average Bonchev–Trinajstić information content (AvgIpc) is 2.93. The Morgan fingerprint density at radius 3 is 2.11 bits per heavy atom. The lowest BCUT2D eigenvalue weighted by Gasteiger charge is -2.20. The molecule has 0 bridgehead atoms. The molecule has 2 rings (SSSR count). The van der Waals surface area contributed by atoms with Gasteiger partial charge in [0.2, 0.25) is 0 Å². The molecule has 0 aliphatic heterocycles. The molecule has 1 aromatic carbocycles. The molecule has 0 fully saturated rings. The van der Waals surface area contributed by atoms with Crippen LogP contribution in [0.1, 0.15) is 50.8 Å². The minimum Gasteiger partial charge on any atom is -0.444 e. The largest absolute Gasteiger partial charge is 0.444 e. The molecule has 0 aliphatic rings. The minimum absolute atomic E-state index is 0.0111. The van der Waals surface area contributed by atoms with Crippen molar-refractivity contribution in [2.75, 3.05) is 5.32 Å². The van der Waals surface area contributed by atoms with Crippen LogP contribution in [0.4, 0.5) is 23.7 Å². The van der Waals surface area contributed by atoms with Gasteiger partial charge in [0, 0.05) is 5.56 Å². The first kappa shape index (κ1) is 24.0. The van der Waals surface area contributed by atoms with Crippen molar-refractivity contribution in [3.05, 3.63) is 40.1 Å². The highest BCUT2D eigenvalue weighted by molar-refractivity contribution is 7.13. The number of rotatable bonds is 3. The molecule has 8 heteroatoms. The fraction of sp³-hybridized carbons (Fsp3) is 0.450. The normalized spacial score (nSPS) is 11.5. The van der Waals surface area contributed by atoms with Crippen LogP contribution >= 0.6 is 11.3 Å². The van der Waals surface area contributed by atoms with Gasteiger partial charge in [0.25, 0.3) is 0 Å². The van der Waals surface area contributed by atoms with Crippen molar-refractivity contribution >= 4 is 23.1 Å². The third kappa shape index (κ3) is 6.83. The van der Waals surface area contributed by atoms with Gasteiger partial charge in [0.15, 0.2) is 0 Å². The zero-order valence-electron chi connectivity index (χ0n) is 16.6. The Kier molecular flexibility index (Phi) is 8.50. The van der Waals surface area contributed by atoms with Gasteiger partial charge in [0.1, 0.15) is 10.5 Å². The molecule has 1 heterocycles. The molecular weight excluding hydrogens is 391 g/mol. The Morgan fingerprint density at radius 2 is 1.68 bits per heavy atom. The molecule has 2 aromatic rings. The van der Waals surface area contributed by atoms with Gasteiger partial charge in [-0.15, -0.1) is 11.3 Å². The Bertz CT molecular complexity index is 765. The number of aliphatic hydroxyl groups excluding tert-OH is 1. The lowest BCUT2D eigenvalue weighted by atomic mass is 10.0. The van der Waals surface area contributed by atoms with E-state index in [0.717, 1.165) is 0 Å². The number of alkyl halides is 3. The van der Waals surface area contributed by atoms with Gasteiger partial charge < -0.3 is 9.84 Å². The van der Waals surface area contributed by atoms with Gasteiger partial charge in [-0.1, -0.05) is 50.6 Å². The van der Waals surface area contributed by atoms with E-state index in [4.69, 9.17) is 4.74 Å². The van der Waals surface area contributed by atoms with Gasteiger partial charge in [-0.3, -0.25) is 5.32 Å². The molecule has 0 aliphatic carbocycles. The smallest absolute Gasteiger partial charge is 0.426 e. The molecule has 0 unspecified atom stereocenters. The highest BCUT2D eigenvalue weighted by Crippen LogP contribution is 2.48. The first-order chi connectivity index (χ1) is 12.9. The third-order valence-corrected chi connectivity index (χ3v) is 4.29. The minimum atomic E-state index is -4.62. The van der Waals surface area contributed by atoms with Crippen LogP contribution in [0.25, 0.3) is 11.1 Å². The summed E-state index contributed by atoms with van der Waals surface area (Å²) >= 11 is 0.403. The van der Waals surface area contributed by atoms with Gasteiger partial charge in [-0.25, -0.2) is 4.79 Å². The van der Waals surface area contributed by atoms with Crippen LogP contribution in [0.15, 0.2) is 30.3 Å². The van der Waals surface area contributed by atoms with Crippen molar-refractivity contribution in [1.29, 1.82) is 0 Å². The molecule has 0 atom stereocenters. The number of halogens is 3. The number of amides is 1. The molecule has 1 aromatic heterocycles. The fourth-order valence-electron chi connectivity index (χ4n) is 2.21. The van der Waals surface area contributed by atoms with E-state index in [9.17, 15) is 23.1 Å². The summed E-state index contributed by atoms with van der Waals surface area (Å²) in [6, 6.07) is 7.90. The van der Waals surface area contributed by atoms with Crippen molar-refractivity contribution in [2.24, 2.45) is 0 Å². The predicted molar refractivity (Wildman–Crippen MR) is 107 cm³/mol. The highest BCUT2D eigenvalue weighted by atomic mass is 32.1. The topological polar surface area (TPSA) is 58.6 Å². The van der Waals surface area contributed by atoms with Crippen LogP contribution in [0.2, 0.25) is 0 Å². The molecular formula is C20H26F3NO3S. The van der Waals surface area contributed by atoms with Crippen LogP contribution in [0.3, 0.4) is 0 Å². The zero-order valence-corrected chi connectivity index (χ0v) is 17.4. The van der Waals surface area contributed by atoms with E-state index < -0.39 is 29.4 Å². The van der Waals surface area contributed by atoms with Crippen LogP contribution in [0.5, 0.6) is 0 Å². The average molecular weight is 417 g/mol. The second-order valence-corrected chi connectivity index (χ2v) is 8.07. The number of aliphatic hydroxyl groups is 1. The molecule has 0 spiro atoms. The first-order valence-electron chi connectivity index (χ1n) is 8.83. The fourth-order valence-corrected chi connectivity index (χ4v) is 3.21. The second kappa shape index (κ2) is 9.93. The Morgan fingerprint density at radius 1 is 1.14 bits per heavy atom. The number of benzene rings is 1. The summed E-state index contributed by atoms with van der Waals surface area (Å²) in [4.78, 5) is 11.2. The van der Waals surface area contributed by atoms with Crippen molar-refractivity contribution in [3.8, 4) is 11.1 Å². The first-order valence-corrected chi connectivity index (χ1v) is 9.65. The molecule has 0 saturated heterocycles. The summed E-state index contributed by atoms with van der Waals surface area (Å²) < 4.78 is 45.5. The zero-order chi connectivity index (χ0) is 21.5. The van der Waals surface area contributed by atoms with E-state index in [1.165, 1.54) is 18.6 Å². The van der Waals surface area contributed by atoms with Crippen LogP contribution < -0.4 is 5.32 Å². The van der Waals surface area contributed by atoms with E-state index in [0.29, 0.717) is 11.3 Å². The molecule has 28 heavy (non-hydrogen) atoms. The van der Waals surface area contributed by atoms with Crippen molar-refractivity contribution < 1.29 is 27.8 Å². The molecule has 0 radical (unpaired) electrons. The van der Waals surface area contributed by atoms with Gasteiger partial charge in [-0.05, 0) is 26.3 Å². The Hall–Kier alpha value is -2.06. The number of hydrogen-bond donors (Lipinski definition) is 2. The summed E-state index contributed by atoms with van der Waals surface area (Å²) in [5.41, 5.74) is -0.774. The summed E-state index contributed by atoms with van der Waals surface area (Å²) in [6.45, 7) is 8.55. The quantitative estimate of drug-likeness (QED) is 0.585. The van der Waals surface area contributed by atoms with Gasteiger partial charge in [-0.2, -0.15) is 13.2 Å². The predicted octanol–water partition coefficient (Wildman–Crippen LogP) is 6.69. The second-order valence-electron chi connectivity index (χ2n) is 6.96. The van der Waals surface area contributed by atoms with Crippen molar-refractivity contribution in [2.45, 2.75) is 59.4 Å². The molecule has 156 valence electrons. The lowest BCUT2D eigenvalue weighted by molar-refractivity contribution is -0.133. The van der Waals surface area contributed by atoms with E-state index in [-0.39, 0.29) is 21.7 Å². The van der Waals surface area contributed by atoms with Gasteiger partial charge >= 0.3 is 12.3 Å². The number of hydrogen-bond acceptors (Lipinski definition) is 4. The maximum atomic E-state index is 13.5. The summed E-state index contributed by atoms with van der Waals surface area (Å²) in [5, 5.41) is 11.8. The molecule has 0 saturated carbocycles. The summed E-state index contributed by atoms with van der Waals surface area (Å²) in [7, 11) is 0. The summed E-state index contributed by atoms with van der Waals surface area (Å²) in [6.07, 6.45) is -4.25. The monoisotopic (exact) mass is 417 g/mol.